The van der Waals surface area contributed by atoms with Gasteiger partial charge in [0.25, 0.3) is 5.56 Å². The topological polar surface area (TPSA) is 68.4 Å². The molecular weight excluding hydrogens is 384 g/mol. The zero-order valence-corrected chi connectivity index (χ0v) is 17.0. The first-order valence-corrected chi connectivity index (χ1v) is 10.8. The molecule has 1 aromatic carbocycles. The SMILES string of the molecule is Cc1nn(CC(=O)NC2(c3ccccc3)CCCC2)c(=O)c2cc3ccsc3n12. The number of hydrogen-bond acceptors (Lipinski definition) is 4. The van der Waals surface area contributed by atoms with E-state index in [4.69, 9.17) is 0 Å². The minimum absolute atomic E-state index is 0.0798. The highest BCUT2D eigenvalue weighted by Gasteiger charge is 2.37. The Hall–Kier alpha value is -2.93. The van der Waals surface area contributed by atoms with Gasteiger partial charge in [-0.1, -0.05) is 43.2 Å². The third kappa shape index (κ3) is 2.97. The zero-order chi connectivity index (χ0) is 20.0. The molecule has 0 atom stereocenters. The Labute approximate surface area is 171 Å². The lowest BCUT2D eigenvalue weighted by molar-refractivity contribution is -0.124. The summed E-state index contributed by atoms with van der Waals surface area (Å²) in [5.41, 5.74) is 1.10. The van der Waals surface area contributed by atoms with Crippen LogP contribution in [0, 0.1) is 6.92 Å². The summed E-state index contributed by atoms with van der Waals surface area (Å²) in [6.45, 7) is 1.78. The van der Waals surface area contributed by atoms with Crippen LogP contribution in [0.3, 0.4) is 0 Å². The van der Waals surface area contributed by atoms with Gasteiger partial charge in [-0.3, -0.25) is 14.0 Å². The molecule has 1 amide bonds. The molecule has 0 unspecified atom stereocenters. The summed E-state index contributed by atoms with van der Waals surface area (Å²) < 4.78 is 3.16. The van der Waals surface area contributed by atoms with E-state index in [2.05, 4.69) is 22.5 Å². The maximum atomic E-state index is 13.0. The predicted octanol–water partition coefficient (Wildman–Crippen LogP) is 3.60. The van der Waals surface area contributed by atoms with Crippen molar-refractivity contribution in [1.82, 2.24) is 19.5 Å². The van der Waals surface area contributed by atoms with Crippen LogP contribution in [-0.4, -0.2) is 20.1 Å². The molecule has 0 radical (unpaired) electrons. The molecule has 1 aliphatic rings. The second-order valence-electron chi connectivity index (χ2n) is 7.76. The van der Waals surface area contributed by atoms with E-state index in [0.29, 0.717) is 11.3 Å². The van der Waals surface area contributed by atoms with Crippen molar-refractivity contribution in [3.63, 3.8) is 0 Å². The van der Waals surface area contributed by atoms with Gasteiger partial charge in [-0.2, -0.15) is 5.10 Å². The number of aromatic nitrogens is 3. The molecule has 0 bridgehead atoms. The highest BCUT2D eigenvalue weighted by Crippen LogP contribution is 2.38. The number of nitrogens with zero attached hydrogens (tertiary/aromatic N) is 3. The van der Waals surface area contributed by atoms with Gasteiger partial charge >= 0.3 is 0 Å². The van der Waals surface area contributed by atoms with Crippen molar-refractivity contribution in [3.05, 3.63) is 69.6 Å². The molecule has 0 aliphatic heterocycles. The van der Waals surface area contributed by atoms with E-state index in [1.807, 2.05) is 47.0 Å². The third-order valence-corrected chi connectivity index (χ3v) is 6.82. The highest BCUT2D eigenvalue weighted by molar-refractivity contribution is 7.16. The maximum Gasteiger partial charge on any atom is 0.291 e. The van der Waals surface area contributed by atoms with Crippen molar-refractivity contribution < 1.29 is 4.79 Å². The standard InChI is InChI=1S/C22H22N4O2S/c1-15-24-25(20(28)18-13-16-9-12-29-21(16)26(15)18)14-19(27)23-22(10-5-6-11-22)17-7-3-2-4-8-17/h2-4,7-9,12-13H,5-6,10-11,14H2,1H3,(H,23,27). The number of hydrogen-bond donors (Lipinski definition) is 1. The van der Waals surface area contributed by atoms with E-state index in [1.165, 1.54) is 4.68 Å². The minimum Gasteiger partial charge on any atom is -0.345 e. The monoisotopic (exact) mass is 406 g/mol. The van der Waals surface area contributed by atoms with E-state index in [0.717, 1.165) is 41.5 Å². The molecule has 0 saturated heterocycles. The number of fused-ring (bicyclic) bond motifs is 3. The number of nitrogens with one attached hydrogen (secondary N) is 1. The average Bonchev–Trinajstić information content (AvgIpc) is 3.43. The van der Waals surface area contributed by atoms with Crippen molar-refractivity contribution in [1.29, 1.82) is 0 Å². The van der Waals surface area contributed by atoms with Crippen LogP contribution in [0.25, 0.3) is 15.7 Å². The van der Waals surface area contributed by atoms with Gasteiger partial charge in [0.2, 0.25) is 5.91 Å². The molecule has 1 aliphatic carbocycles. The largest absolute Gasteiger partial charge is 0.345 e. The fourth-order valence-corrected chi connectivity index (χ4v) is 5.51. The van der Waals surface area contributed by atoms with Crippen molar-refractivity contribution >= 4 is 33.0 Å². The van der Waals surface area contributed by atoms with Crippen LogP contribution in [0.5, 0.6) is 0 Å². The summed E-state index contributed by atoms with van der Waals surface area (Å²) in [7, 11) is 0. The Bertz CT molecular complexity index is 1260. The summed E-state index contributed by atoms with van der Waals surface area (Å²) in [5, 5.41) is 10.7. The first-order valence-electron chi connectivity index (χ1n) is 9.90. The molecule has 3 heterocycles. The molecular formula is C22H22N4O2S. The van der Waals surface area contributed by atoms with Crippen molar-refractivity contribution in [2.24, 2.45) is 0 Å². The summed E-state index contributed by atoms with van der Waals surface area (Å²) in [6.07, 6.45) is 3.99. The maximum absolute atomic E-state index is 13.0. The summed E-state index contributed by atoms with van der Waals surface area (Å²) >= 11 is 1.58. The van der Waals surface area contributed by atoms with Gasteiger partial charge in [-0.05, 0) is 42.8 Å². The smallest absolute Gasteiger partial charge is 0.291 e. The number of rotatable bonds is 4. The van der Waals surface area contributed by atoms with Crippen LogP contribution in [0.2, 0.25) is 0 Å². The Morgan fingerprint density at radius 2 is 1.97 bits per heavy atom. The lowest BCUT2D eigenvalue weighted by atomic mass is 9.88. The van der Waals surface area contributed by atoms with Crippen LogP contribution in [0.1, 0.15) is 37.1 Å². The van der Waals surface area contributed by atoms with Crippen LogP contribution < -0.4 is 10.9 Å². The van der Waals surface area contributed by atoms with Gasteiger partial charge in [0.15, 0.2) is 0 Å². The fourth-order valence-electron chi connectivity index (χ4n) is 4.57. The normalized spacial score (nSPS) is 15.9. The number of amides is 1. The molecule has 1 saturated carbocycles. The van der Waals surface area contributed by atoms with Gasteiger partial charge in [0.1, 0.15) is 22.7 Å². The Kier molecular flexibility index (Phi) is 4.28. The number of aryl methyl sites for hydroxylation is 1. The van der Waals surface area contributed by atoms with Gasteiger partial charge in [-0.25, -0.2) is 4.68 Å². The predicted molar refractivity (Wildman–Crippen MR) is 114 cm³/mol. The minimum atomic E-state index is -0.348. The summed E-state index contributed by atoms with van der Waals surface area (Å²) in [4.78, 5) is 26.9. The zero-order valence-electron chi connectivity index (χ0n) is 16.2. The van der Waals surface area contributed by atoms with Gasteiger partial charge < -0.3 is 5.32 Å². The van der Waals surface area contributed by atoms with Crippen molar-refractivity contribution in [3.8, 4) is 0 Å². The summed E-state index contributed by atoms with van der Waals surface area (Å²) in [6, 6.07) is 14.0. The third-order valence-electron chi connectivity index (χ3n) is 5.91. The second kappa shape index (κ2) is 6.84. The van der Waals surface area contributed by atoms with Gasteiger partial charge in [0, 0.05) is 5.39 Å². The molecule has 1 N–H and O–H groups in total. The van der Waals surface area contributed by atoms with E-state index in [-0.39, 0.29) is 23.6 Å². The van der Waals surface area contributed by atoms with Crippen molar-refractivity contribution in [2.45, 2.75) is 44.7 Å². The van der Waals surface area contributed by atoms with E-state index >= 15 is 0 Å². The first-order chi connectivity index (χ1) is 14.1. The first kappa shape index (κ1) is 18.1. The van der Waals surface area contributed by atoms with Crippen LogP contribution in [0.4, 0.5) is 0 Å². The highest BCUT2D eigenvalue weighted by atomic mass is 32.1. The Morgan fingerprint density at radius 1 is 1.21 bits per heavy atom. The number of thiophene rings is 1. The molecule has 5 rings (SSSR count). The number of carbonyl (C=O) groups is 1. The molecule has 29 heavy (non-hydrogen) atoms. The number of benzene rings is 1. The van der Waals surface area contributed by atoms with Crippen LogP contribution >= 0.6 is 11.3 Å². The van der Waals surface area contributed by atoms with E-state index in [9.17, 15) is 9.59 Å². The van der Waals surface area contributed by atoms with Gasteiger partial charge in [0.05, 0.1) is 5.54 Å². The molecule has 148 valence electrons. The fraction of sp³-hybridized carbons (Fsp3) is 0.318. The lowest BCUT2D eigenvalue weighted by Gasteiger charge is -2.31. The second-order valence-corrected chi connectivity index (χ2v) is 8.65. The molecule has 7 heteroatoms. The number of carbonyl (C=O) groups excluding carboxylic acids is 1. The van der Waals surface area contributed by atoms with E-state index in [1.54, 1.807) is 11.3 Å². The molecule has 6 nitrogen and oxygen atoms in total. The lowest BCUT2D eigenvalue weighted by Crippen LogP contribution is -2.46. The molecule has 3 aromatic heterocycles. The Balaban J connectivity index is 1.47. The quantitative estimate of drug-likeness (QED) is 0.563. The van der Waals surface area contributed by atoms with E-state index < -0.39 is 0 Å². The van der Waals surface area contributed by atoms with Crippen LogP contribution in [0.15, 0.2) is 52.6 Å². The molecule has 4 aromatic rings. The Morgan fingerprint density at radius 3 is 2.72 bits per heavy atom. The summed E-state index contributed by atoms with van der Waals surface area (Å²) in [5.74, 6) is 0.519. The molecule has 0 spiro atoms. The average molecular weight is 407 g/mol. The van der Waals surface area contributed by atoms with Gasteiger partial charge in [-0.15, -0.1) is 11.3 Å². The molecule has 1 fully saturated rings. The van der Waals surface area contributed by atoms with Crippen molar-refractivity contribution in [2.75, 3.05) is 0 Å². The van der Waals surface area contributed by atoms with Crippen LogP contribution in [-0.2, 0) is 16.9 Å².